The number of halogens is 3. The summed E-state index contributed by atoms with van der Waals surface area (Å²) in [4.78, 5) is 9.87. The van der Waals surface area contributed by atoms with Crippen molar-refractivity contribution in [3.05, 3.63) is 46.0 Å². The summed E-state index contributed by atoms with van der Waals surface area (Å²) in [5.74, 6) is -0.414. The molecule has 21 heavy (non-hydrogen) atoms. The minimum atomic E-state index is -4.69. The van der Waals surface area contributed by atoms with Gasteiger partial charge in [-0.3, -0.25) is 10.1 Å². The second kappa shape index (κ2) is 5.23. The summed E-state index contributed by atoms with van der Waals surface area (Å²) in [6.07, 6.45) is -4.69. The van der Waals surface area contributed by atoms with E-state index in [2.05, 4.69) is 10.2 Å². The molecule has 110 valence electrons. The van der Waals surface area contributed by atoms with Crippen molar-refractivity contribution in [2.75, 3.05) is 5.73 Å². The van der Waals surface area contributed by atoms with Gasteiger partial charge in [-0.1, -0.05) is 0 Å². The number of nitrogens with two attached hydrogens (primary N) is 1. The van der Waals surface area contributed by atoms with Gasteiger partial charge in [0.15, 0.2) is 0 Å². The van der Waals surface area contributed by atoms with Gasteiger partial charge in [0.1, 0.15) is 5.82 Å². The van der Waals surface area contributed by atoms with Crippen LogP contribution < -0.4 is 10.5 Å². The summed E-state index contributed by atoms with van der Waals surface area (Å²) >= 11 is 0. The lowest BCUT2D eigenvalue weighted by molar-refractivity contribution is -0.385. The third-order valence-corrected chi connectivity index (χ3v) is 2.36. The van der Waals surface area contributed by atoms with E-state index in [-0.39, 0.29) is 17.4 Å². The number of benzene rings is 1. The number of hydrogen-bond acceptors (Lipinski definition) is 6. The second-order valence-corrected chi connectivity index (χ2v) is 3.84. The Kier molecular flexibility index (Phi) is 3.61. The fraction of sp³-hybridized carbons (Fsp3) is 0.0909. The van der Waals surface area contributed by atoms with Crippen LogP contribution in [0.3, 0.4) is 0 Å². The lowest BCUT2D eigenvalue weighted by atomic mass is 10.2. The van der Waals surface area contributed by atoms with Crippen LogP contribution in [-0.2, 0) is 6.18 Å². The molecule has 0 bridgehead atoms. The minimum absolute atomic E-state index is 0.101. The van der Waals surface area contributed by atoms with E-state index in [9.17, 15) is 23.3 Å². The van der Waals surface area contributed by atoms with Gasteiger partial charge >= 0.3 is 11.9 Å². The Hall–Kier alpha value is -2.91. The molecule has 0 spiro atoms. The molecule has 0 aliphatic carbocycles. The van der Waals surface area contributed by atoms with E-state index in [0.717, 1.165) is 6.07 Å². The number of ether oxygens (including phenoxy) is 1. The van der Waals surface area contributed by atoms with Gasteiger partial charge in [-0.15, -0.1) is 10.2 Å². The van der Waals surface area contributed by atoms with E-state index in [0.29, 0.717) is 12.1 Å². The van der Waals surface area contributed by atoms with E-state index >= 15 is 0 Å². The van der Waals surface area contributed by atoms with Gasteiger partial charge in [-0.25, -0.2) is 0 Å². The van der Waals surface area contributed by atoms with Crippen LogP contribution >= 0.6 is 0 Å². The molecule has 1 aromatic heterocycles. The van der Waals surface area contributed by atoms with Crippen molar-refractivity contribution in [2.45, 2.75) is 6.18 Å². The Morgan fingerprint density at radius 3 is 2.43 bits per heavy atom. The number of nitrogens with zero attached hydrogens (tertiary/aromatic N) is 3. The molecule has 0 radical (unpaired) electrons. The fourth-order valence-electron chi connectivity index (χ4n) is 1.42. The number of aromatic nitrogens is 2. The Bertz CT molecular complexity index is 673. The molecule has 10 heteroatoms. The molecule has 7 nitrogen and oxygen atoms in total. The van der Waals surface area contributed by atoms with Crippen molar-refractivity contribution in [1.82, 2.24) is 10.2 Å². The number of nitrogen functional groups attached to an aromatic ring is 1. The van der Waals surface area contributed by atoms with Crippen molar-refractivity contribution < 1.29 is 22.8 Å². The van der Waals surface area contributed by atoms with E-state index in [1.807, 2.05) is 0 Å². The zero-order valence-electron chi connectivity index (χ0n) is 10.2. The molecule has 0 aliphatic rings. The minimum Gasteiger partial charge on any atom is -0.430 e. The number of hydrogen-bond donors (Lipinski definition) is 1. The first-order chi connectivity index (χ1) is 9.77. The molecule has 0 aliphatic heterocycles. The molecule has 2 aromatic rings. The Morgan fingerprint density at radius 1 is 1.19 bits per heavy atom. The maximum atomic E-state index is 12.5. The topological polar surface area (TPSA) is 104 Å². The number of nitro groups is 1. The molecule has 1 heterocycles. The molecule has 0 amide bonds. The molecule has 0 saturated heterocycles. The lowest BCUT2D eigenvalue weighted by Gasteiger charge is -2.09. The van der Waals surface area contributed by atoms with Crippen LogP contribution in [0.15, 0.2) is 30.3 Å². The van der Waals surface area contributed by atoms with E-state index in [4.69, 9.17) is 10.5 Å². The molecule has 0 unspecified atom stereocenters. The first-order valence-corrected chi connectivity index (χ1v) is 5.40. The third kappa shape index (κ3) is 3.35. The van der Waals surface area contributed by atoms with Crippen molar-refractivity contribution in [1.29, 1.82) is 0 Å². The highest BCUT2D eigenvalue weighted by atomic mass is 19.4. The van der Waals surface area contributed by atoms with Crippen molar-refractivity contribution in [3.8, 4) is 11.6 Å². The molecule has 0 atom stereocenters. The monoisotopic (exact) mass is 300 g/mol. The Morgan fingerprint density at radius 2 is 1.90 bits per heavy atom. The highest BCUT2D eigenvalue weighted by molar-refractivity contribution is 5.50. The van der Waals surface area contributed by atoms with Gasteiger partial charge < -0.3 is 10.5 Å². The Balaban J connectivity index is 2.39. The number of nitro benzene ring substituents is 1. The van der Waals surface area contributed by atoms with Gasteiger partial charge in [0.05, 0.1) is 10.5 Å². The molecular formula is C11H7F3N4O3. The average molecular weight is 300 g/mol. The third-order valence-electron chi connectivity index (χ3n) is 2.36. The van der Waals surface area contributed by atoms with Crippen LogP contribution in [0.1, 0.15) is 5.56 Å². The van der Waals surface area contributed by atoms with Crippen LogP contribution in [0, 0.1) is 10.1 Å². The summed E-state index contributed by atoms with van der Waals surface area (Å²) in [6, 6.07) is 4.52. The second-order valence-electron chi connectivity index (χ2n) is 3.84. The van der Waals surface area contributed by atoms with Crippen LogP contribution in [0.5, 0.6) is 11.6 Å². The van der Waals surface area contributed by atoms with E-state index in [1.54, 1.807) is 0 Å². The number of alkyl halides is 3. The van der Waals surface area contributed by atoms with Gasteiger partial charge in [-0.05, 0) is 18.2 Å². The van der Waals surface area contributed by atoms with E-state index < -0.39 is 22.4 Å². The molecule has 1 aromatic carbocycles. The van der Waals surface area contributed by atoms with Crippen molar-refractivity contribution in [2.24, 2.45) is 0 Å². The zero-order chi connectivity index (χ0) is 15.6. The predicted molar refractivity (Wildman–Crippen MR) is 64.6 cm³/mol. The Labute approximate surface area is 115 Å². The van der Waals surface area contributed by atoms with Crippen LogP contribution in [-0.4, -0.2) is 15.1 Å². The average Bonchev–Trinajstić information content (AvgIpc) is 2.40. The molecular weight excluding hydrogens is 293 g/mol. The summed E-state index contributed by atoms with van der Waals surface area (Å²) in [5, 5.41) is 17.8. The standard InChI is InChI=1S/C11H7F3N4O3/c12-11(13,14)6-1-2-8(7(5-6)18(19)20)21-10-4-3-9(15)16-17-10/h1-5H,(H2,15,16). The van der Waals surface area contributed by atoms with Gasteiger partial charge in [0, 0.05) is 12.1 Å². The first kappa shape index (κ1) is 14.5. The normalized spacial score (nSPS) is 11.2. The van der Waals surface area contributed by atoms with Crippen LogP contribution in [0.4, 0.5) is 24.7 Å². The highest BCUT2D eigenvalue weighted by Crippen LogP contribution is 2.37. The van der Waals surface area contributed by atoms with E-state index in [1.165, 1.54) is 12.1 Å². The van der Waals surface area contributed by atoms with Gasteiger partial charge in [0.25, 0.3) is 0 Å². The summed E-state index contributed by atoms with van der Waals surface area (Å²) in [6.45, 7) is 0. The van der Waals surface area contributed by atoms with Crippen molar-refractivity contribution >= 4 is 11.5 Å². The largest absolute Gasteiger partial charge is 0.430 e. The number of anilines is 1. The number of rotatable bonds is 3. The quantitative estimate of drug-likeness (QED) is 0.690. The smallest absolute Gasteiger partial charge is 0.416 e. The highest BCUT2D eigenvalue weighted by Gasteiger charge is 2.33. The lowest BCUT2D eigenvalue weighted by Crippen LogP contribution is -2.06. The summed E-state index contributed by atoms with van der Waals surface area (Å²) in [5.41, 5.74) is 3.33. The molecule has 0 fully saturated rings. The van der Waals surface area contributed by atoms with Gasteiger partial charge in [-0.2, -0.15) is 13.2 Å². The van der Waals surface area contributed by atoms with Gasteiger partial charge in [0.2, 0.25) is 11.6 Å². The summed E-state index contributed by atoms with van der Waals surface area (Å²) < 4.78 is 42.7. The fourth-order valence-corrected chi connectivity index (χ4v) is 1.42. The maximum absolute atomic E-state index is 12.5. The first-order valence-electron chi connectivity index (χ1n) is 5.40. The molecule has 2 rings (SSSR count). The van der Waals surface area contributed by atoms with Crippen LogP contribution in [0.25, 0.3) is 0 Å². The van der Waals surface area contributed by atoms with Crippen molar-refractivity contribution in [3.63, 3.8) is 0 Å². The molecule has 0 saturated carbocycles. The maximum Gasteiger partial charge on any atom is 0.416 e. The predicted octanol–water partition coefficient (Wildman–Crippen LogP) is 2.78. The zero-order valence-corrected chi connectivity index (χ0v) is 10.2. The van der Waals surface area contributed by atoms with Crippen LogP contribution in [0.2, 0.25) is 0 Å². The summed E-state index contributed by atoms with van der Waals surface area (Å²) in [7, 11) is 0. The SMILES string of the molecule is Nc1ccc(Oc2ccc(C(F)(F)F)cc2[N+](=O)[O-])nn1. The molecule has 2 N–H and O–H groups in total.